The summed E-state index contributed by atoms with van der Waals surface area (Å²) >= 11 is 0. The minimum atomic E-state index is -4.77. The van der Waals surface area contributed by atoms with Crippen molar-refractivity contribution in [2.24, 2.45) is 5.73 Å². The number of nitrogens with two attached hydrogens (primary N) is 1. The number of anilines is 1. The molecule has 2 heterocycles. The first kappa shape index (κ1) is 29.6. The van der Waals surface area contributed by atoms with E-state index < -0.39 is 41.8 Å². The highest BCUT2D eigenvalue weighted by molar-refractivity contribution is 5.96. The molecule has 2 atom stereocenters. The van der Waals surface area contributed by atoms with Gasteiger partial charge in [0.25, 0.3) is 5.91 Å². The summed E-state index contributed by atoms with van der Waals surface area (Å²) in [4.78, 5) is 33.3. The van der Waals surface area contributed by atoms with Gasteiger partial charge in [-0.15, -0.1) is 0 Å². The Labute approximate surface area is 235 Å². The number of aliphatic carboxylic acids is 1. The second-order valence-corrected chi connectivity index (χ2v) is 10.1. The van der Waals surface area contributed by atoms with Gasteiger partial charge in [-0.25, -0.2) is 9.78 Å². The van der Waals surface area contributed by atoms with Crippen molar-refractivity contribution in [2.75, 3.05) is 11.9 Å². The number of ether oxygens (including phenoxy) is 1. The van der Waals surface area contributed by atoms with Crippen molar-refractivity contribution in [3.8, 4) is 5.88 Å². The van der Waals surface area contributed by atoms with Crippen molar-refractivity contribution in [3.05, 3.63) is 100 Å². The van der Waals surface area contributed by atoms with E-state index in [0.29, 0.717) is 0 Å². The zero-order valence-corrected chi connectivity index (χ0v) is 23.0. The number of likely N-dealkylation sites (N-methyl/N-ethyl adjacent to an activating group) is 1. The third kappa shape index (κ3) is 5.90. The molecule has 0 fully saturated rings. The largest absolute Gasteiger partial charge is 0.478 e. The third-order valence-electron chi connectivity index (χ3n) is 6.86. The first-order valence-corrected chi connectivity index (χ1v) is 12.9. The van der Waals surface area contributed by atoms with Gasteiger partial charge in [-0.2, -0.15) is 13.2 Å². The summed E-state index contributed by atoms with van der Waals surface area (Å²) < 4.78 is 48.7. The number of pyridine rings is 1. The quantitative estimate of drug-likeness (QED) is 0.368. The number of carboxylic acids is 1. The molecule has 0 saturated heterocycles. The van der Waals surface area contributed by atoms with Crippen LogP contribution in [0.2, 0.25) is 0 Å². The first-order chi connectivity index (χ1) is 19.3. The van der Waals surface area contributed by atoms with Crippen LogP contribution in [0.15, 0.2) is 78.1 Å². The van der Waals surface area contributed by atoms with Gasteiger partial charge in [-0.1, -0.05) is 48.5 Å². The number of primary amides is 1. The maximum absolute atomic E-state index is 14.3. The van der Waals surface area contributed by atoms with Crippen LogP contribution in [0.3, 0.4) is 0 Å². The Bertz CT molecular complexity index is 1470. The predicted molar refractivity (Wildman–Crippen MR) is 147 cm³/mol. The Kier molecular flexibility index (Phi) is 8.39. The van der Waals surface area contributed by atoms with E-state index in [2.05, 4.69) is 4.98 Å². The number of aromatic nitrogens is 1. The SMILES string of the molecule is CC1=C(C(=O)O)C(c2ccccc2C(F)(F)F)c2c(ccnc2OC(C)C)N1C(C(N)=O)N(C)Cc1ccccc1. The van der Waals surface area contributed by atoms with E-state index in [1.807, 2.05) is 30.3 Å². The van der Waals surface area contributed by atoms with Crippen molar-refractivity contribution >= 4 is 17.6 Å². The predicted octanol–water partition coefficient (Wildman–Crippen LogP) is 5.14. The van der Waals surface area contributed by atoms with Gasteiger partial charge in [0.1, 0.15) is 0 Å². The summed E-state index contributed by atoms with van der Waals surface area (Å²) in [5.41, 5.74) is 5.62. The van der Waals surface area contributed by atoms with E-state index in [9.17, 15) is 27.9 Å². The first-order valence-electron chi connectivity index (χ1n) is 12.9. The molecule has 1 aromatic heterocycles. The molecule has 0 bridgehead atoms. The van der Waals surface area contributed by atoms with Crippen molar-refractivity contribution in [1.29, 1.82) is 0 Å². The van der Waals surface area contributed by atoms with Crippen molar-refractivity contribution in [2.45, 2.75) is 51.7 Å². The second-order valence-electron chi connectivity index (χ2n) is 10.1. The molecule has 2 aromatic carbocycles. The molecule has 3 N–H and O–H groups in total. The zero-order valence-electron chi connectivity index (χ0n) is 23.0. The standard InChI is InChI=1S/C30H31F3N4O4/c1-17(2)41-27-25-22(14-15-35-27)37(28(26(34)38)36(4)16-19-10-6-5-7-11-19)18(3)23(29(39)40)24(25)20-12-8-9-13-21(20)30(31,32)33/h5-15,17,24,28H,16H2,1-4H3,(H2,34,38)(H,39,40). The number of alkyl halides is 3. The molecular weight excluding hydrogens is 537 g/mol. The van der Waals surface area contributed by atoms with Crippen LogP contribution in [-0.2, 0) is 22.3 Å². The molecular formula is C30H31F3N4O4. The average Bonchev–Trinajstić information content (AvgIpc) is 2.89. The summed E-state index contributed by atoms with van der Waals surface area (Å²) in [7, 11) is 1.66. The van der Waals surface area contributed by atoms with Gasteiger partial charge in [0.05, 0.1) is 34.4 Å². The second kappa shape index (κ2) is 11.6. The lowest BCUT2D eigenvalue weighted by Gasteiger charge is -2.44. The summed E-state index contributed by atoms with van der Waals surface area (Å²) in [5.74, 6) is -3.68. The molecule has 1 aliphatic heterocycles. The lowest BCUT2D eigenvalue weighted by atomic mass is 9.78. The maximum atomic E-state index is 14.3. The highest BCUT2D eigenvalue weighted by Gasteiger charge is 2.46. The number of carboxylic acid groups (broad SMARTS) is 1. The molecule has 216 valence electrons. The number of nitrogens with zero attached hydrogens (tertiary/aromatic N) is 3. The molecule has 3 aromatic rings. The zero-order chi connectivity index (χ0) is 30.1. The van der Waals surface area contributed by atoms with E-state index >= 15 is 0 Å². The van der Waals surface area contributed by atoms with Crippen molar-refractivity contribution < 1.29 is 32.6 Å². The van der Waals surface area contributed by atoms with Crippen LogP contribution < -0.4 is 15.4 Å². The number of halogens is 3. The Morgan fingerprint density at radius 2 is 1.73 bits per heavy atom. The fraction of sp³-hybridized carbons (Fsp3) is 0.300. The fourth-order valence-electron chi connectivity index (χ4n) is 5.32. The molecule has 1 aliphatic rings. The van der Waals surface area contributed by atoms with Gasteiger partial charge in [-0.3, -0.25) is 9.69 Å². The lowest BCUT2D eigenvalue weighted by Crippen LogP contribution is -2.55. The van der Waals surface area contributed by atoms with E-state index in [-0.39, 0.29) is 40.5 Å². The third-order valence-corrected chi connectivity index (χ3v) is 6.86. The highest BCUT2D eigenvalue weighted by atomic mass is 19.4. The van der Waals surface area contributed by atoms with Crippen LogP contribution in [0.4, 0.5) is 18.9 Å². The topological polar surface area (TPSA) is 109 Å². The van der Waals surface area contributed by atoms with Crippen molar-refractivity contribution in [3.63, 3.8) is 0 Å². The number of fused-ring (bicyclic) bond motifs is 1. The van der Waals surface area contributed by atoms with Crippen LogP contribution in [-0.4, -0.2) is 46.2 Å². The normalized spacial score (nSPS) is 16.1. The number of hydrogen-bond acceptors (Lipinski definition) is 6. The molecule has 2 unspecified atom stereocenters. The maximum Gasteiger partial charge on any atom is 0.416 e. The van der Waals surface area contributed by atoms with E-state index in [4.69, 9.17) is 10.5 Å². The van der Waals surface area contributed by atoms with Crippen LogP contribution >= 0.6 is 0 Å². The fourth-order valence-corrected chi connectivity index (χ4v) is 5.32. The van der Waals surface area contributed by atoms with E-state index in [1.54, 1.807) is 25.8 Å². The van der Waals surface area contributed by atoms with Crippen molar-refractivity contribution in [1.82, 2.24) is 9.88 Å². The molecule has 8 nitrogen and oxygen atoms in total. The molecule has 0 aliphatic carbocycles. The van der Waals surface area contributed by atoms with E-state index in [1.165, 1.54) is 42.3 Å². The van der Waals surface area contributed by atoms with Crippen LogP contribution in [0.1, 0.15) is 48.9 Å². The smallest absolute Gasteiger partial charge is 0.416 e. The van der Waals surface area contributed by atoms with Gasteiger partial charge in [0.2, 0.25) is 5.88 Å². The number of carbonyl (C=O) groups is 2. The minimum absolute atomic E-state index is 0.0374. The Hall–Kier alpha value is -4.38. The van der Waals surface area contributed by atoms with E-state index in [0.717, 1.165) is 11.6 Å². The lowest BCUT2D eigenvalue weighted by molar-refractivity contribution is -0.139. The van der Waals surface area contributed by atoms with Gasteiger partial charge < -0.3 is 20.5 Å². The molecule has 41 heavy (non-hydrogen) atoms. The molecule has 0 spiro atoms. The summed E-state index contributed by atoms with van der Waals surface area (Å²) in [6.45, 7) is 5.18. The van der Waals surface area contributed by atoms with Gasteiger partial charge in [0, 0.05) is 18.4 Å². The Morgan fingerprint density at radius 1 is 1.10 bits per heavy atom. The Balaban J connectivity index is 2.03. The van der Waals surface area contributed by atoms with Crippen LogP contribution in [0, 0.1) is 0 Å². The minimum Gasteiger partial charge on any atom is -0.478 e. The highest BCUT2D eigenvalue weighted by Crippen LogP contribution is 2.51. The van der Waals surface area contributed by atoms with Crippen LogP contribution in [0.25, 0.3) is 0 Å². The van der Waals surface area contributed by atoms with Crippen LogP contribution in [0.5, 0.6) is 5.88 Å². The number of carbonyl (C=O) groups excluding carboxylic acids is 1. The van der Waals surface area contributed by atoms with Gasteiger partial charge in [0.15, 0.2) is 6.17 Å². The number of rotatable bonds is 9. The molecule has 11 heteroatoms. The number of hydrogen-bond donors (Lipinski definition) is 2. The summed E-state index contributed by atoms with van der Waals surface area (Å²) in [5, 5.41) is 10.5. The number of benzene rings is 2. The molecule has 0 radical (unpaired) electrons. The number of allylic oxidation sites excluding steroid dienone is 1. The molecule has 4 rings (SSSR count). The monoisotopic (exact) mass is 568 g/mol. The molecule has 1 amide bonds. The summed E-state index contributed by atoms with van der Waals surface area (Å²) in [6, 6.07) is 15.6. The molecule has 0 saturated carbocycles. The Morgan fingerprint density at radius 3 is 2.32 bits per heavy atom. The van der Waals surface area contributed by atoms with Gasteiger partial charge in [-0.05, 0) is 51.1 Å². The van der Waals surface area contributed by atoms with Gasteiger partial charge >= 0.3 is 12.1 Å². The number of amides is 1. The summed E-state index contributed by atoms with van der Waals surface area (Å²) in [6.07, 6.45) is -4.99. The average molecular weight is 569 g/mol.